The Morgan fingerprint density at radius 3 is 2.76 bits per heavy atom. The van der Waals surface area contributed by atoms with Gasteiger partial charge in [0.05, 0.1) is 18.3 Å². The van der Waals surface area contributed by atoms with Crippen LogP contribution in [0.15, 0.2) is 39.7 Å². The lowest BCUT2D eigenvalue weighted by Gasteiger charge is -2.28. The fourth-order valence-electron chi connectivity index (χ4n) is 2.36. The Bertz CT molecular complexity index is 644. The Morgan fingerprint density at radius 1 is 1.24 bits per heavy atom. The van der Waals surface area contributed by atoms with Crippen LogP contribution in [0.1, 0.15) is 46.5 Å². The lowest BCUT2D eigenvalue weighted by atomic mass is 9.83. The minimum atomic E-state index is -0.0239. The van der Waals surface area contributed by atoms with E-state index in [9.17, 15) is 4.79 Å². The van der Waals surface area contributed by atoms with Gasteiger partial charge in [0, 0.05) is 17.5 Å². The molecule has 0 amide bonds. The first-order valence-electron chi connectivity index (χ1n) is 7.72. The predicted molar refractivity (Wildman–Crippen MR) is 85.9 cm³/mol. The van der Waals surface area contributed by atoms with Crippen LogP contribution in [0.4, 0.5) is 0 Å². The van der Waals surface area contributed by atoms with Crippen LogP contribution in [0.2, 0.25) is 0 Å². The Hall–Kier alpha value is -1.77. The molecule has 0 bridgehead atoms. The molecule has 1 aromatic carbocycles. The van der Waals surface area contributed by atoms with Crippen molar-refractivity contribution < 1.29 is 9.15 Å². The molecule has 114 valence electrons. The second kappa shape index (κ2) is 6.79. The minimum Gasteiger partial charge on any atom is -0.493 e. The standard InChI is InChI=1S/C18H24O3/c1-4-6-10-18(3,5-2)13-21-14-7-8-15-16(19)9-11-20-17(15)12-14/h7-9,11-12H,4-6,10,13H2,1-3H3. The van der Waals surface area contributed by atoms with Gasteiger partial charge in [0.25, 0.3) is 0 Å². The van der Waals surface area contributed by atoms with Crippen molar-refractivity contribution in [1.82, 2.24) is 0 Å². The van der Waals surface area contributed by atoms with Crippen LogP contribution in [0.5, 0.6) is 5.75 Å². The molecule has 2 rings (SSSR count). The molecule has 0 saturated carbocycles. The van der Waals surface area contributed by atoms with Crippen LogP contribution in [0.25, 0.3) is 11.0 Å². The maximum absolute atomic E-state index is 11.7. The molecular formula is C18H24O3. The van der Waals surface area contributed by atoms with Gasteiger partial charge in [-0.2, -0.15) is 0 Å². The highest BCUT2D eigenvalue weighted by Crippen LogP contribution is 2.29. The highest BCUT2D eigenvalue weighted by molar-refractivity contribution is 5.77. The van der Waals surface area contributed by atoms with E-state index in [2.05, 4.69) is 20.8 Å². The molecule has 1 atom stereocenters. The van der Waals surface area contributed by atoms with Gasteiger partial charge in [-0.05, 0) is 25.0 Å². The molecule has 1 aromatic heterocycles. The first-order valence-corrected chi connectivity index (χ1v) is 7.72. The molecular weight excluding hydrogens is 264 g/mol. The van der Waals surface area contributed by atoms with E-state index < -0.39 is 0 Å². The normalized spacial score (nSPS) is 14.0. The van der Waals surface area contributed by atoms with Crippen LogP contribution in [-0.2, 0) is 0 Å². The molecule has 0 aliphatic carbocycles. The number of rotatable bonds is 7. The monoisotopic (exact) mass is 288 g/mol. The summed E-state index contributed by atoms with van der Waals surface area (Å²) in [5.74, 6) is 0.757. The van der Waals surface area contributed by atoms with Crippen molar-refractivity contribution in [2.75, 3.05) is 6.61 Å². The molecule has 0 aliphatic rings. The minimum absolute atomic E-state index is 0.0239. The summed E-state index contributed by atoms with van der Waals surface area (Å²) < 4.78 is 11.3. The average Bonchev–Trinajstić information content (AvgIpc) is 2.51. The van der Waals surface area contributed by atoms with Crippen LogP contribution in [0.3, 0.4) is 0 Å². The number of ether oxygens (including phenoxy) is 1. The molecule has 3 nitrogen and oxygen atoms in total. The molecule has 2 aromatic rings. The van der Waals surface area contributed by atoms with Gasteiger partial charge in [-0.15, -0.1) is 0 Å². The molecule has 0 radical (unpaired) electrons. The summed E-state index contributed by atoms with van der Waals surface area (Å²) in [5.41, 5.74) is 0.749. The molecule has 1 heterocycles. The van der Waals surface area contributed by atoms with E-state index in [0.717, 1.165) is 12.2 Å². The van der Waals surface area contributed by atoms with Gasteiger partial charge in [-0.3, -0.25) is 4.79 Å². The first-order chi connectivity index (χ1) is 10.1. The third-order valence-electron chi connectivity index (χ3n) is 4.21. The summed E-state index contributed by atoms with van der Waals surface area (Å²) in [6.07, 6.45) is 6.11. The number of hydrogen-bond acceptors (Lipinski definition) is 3. The third kappa shape index (κ3) is 3.87. The number of fused-ring (bicyclic) bond motifs is 1. The van der Waals surface area contributed by atoms with Crippen molar-refractivity contribution in [3.8, 4) is 5.75 Å². The van der Waals surface area contributed by atoms with Gasteiger partial charge in [0.2, 0.25) is 0 Å². The van der Waals surface area contributed by atoms with E-state index in [1.165, 1.54) is 31.6 Å². The summed E-state index contributed by atoms with van der Waals surface area (Å²) >= 11 is 0. The van der Waals surface area contributed by atoms with Crippen molar-refractivity contribution in [3.63, 3.8) is 0 Å². The molecule has 0 fully saturated rings. The Kier molecular flexibility index (Phi) is 5.05. The molecule has 0 saturated heterocycles. The van der Waals surface area contributed by atoms with Crippen molar-refractivity contribution in [2.24, 2.45) is 5.41 Å². The predicted octanol–water partition coefficient (Wildman–Crippen LogP) is 4.78. The van der Waals surface area contributed by atoms with Crippen LogP contribution in [0, 0.1) is 5.41 Å². The highest BCUT2D eigenvalue weighted by atomic mass is 16.5. The zero-order chi connectivity index (χ0) is 15.3. The van der Waals surface area contributed by atoms with Crippen LogP contribution < -0.4 is 10.2 Å². The lowest BCUT2D eigenvalue weighted by molar-refractivity contribution is 0.143. The van der Waals surface area contributed by atoms with E-state index in [0.29, 0.717) is 17.6 Å². The van der Waals surface area contributed by atoms with Gasteiger partial charge in [0.15, 0.2) is 5.43 Å². The second-order valence-electron chi connectivity index (χ2n) is 6.00. The molecule has 0 aliphatic heterocycles. The van der Waals surface area contributed by atoms with E-state index in [-0.39, 0.29) is 10.8 Å². The average molecular weight is 288 g/mol. The van der Waals surface area contributed by atoms with Gasteiger partial charge in [-0.25, -0.2) is 0 Å². The van der Waals surface area contributed by atoms with Gasteiger partial charge < -0.3 is 9.15 Å². The van der Waals surface area contributed by atoms with Crippen LogP contribution in [-0.4, -0.2) is 6.61 Å². The quantitative estimate of drug-likeness (QED) is 0.736. The van der Waals surface area contributed by atoms with E-state index in [1.807, 2.05) is 6.07 Å². The Labute approximate surface area is 125 Å². The fraction of sp³-hybridized carbons (Fsp3) is 0.500. The summed E-state index contributed by atoms with van der Waals surface area (Å²) in [7, 11) is 0. The summed E-state index contributed by atoms with van der Waals surface area (Å²) in [6, 6.07) is 6.84. The summed E-state index contributed by atoms with van der Waals surface area (Å²) in [4.78, 5) is 11.7. The smallest absolute Gasteiger partial charge is 0.192 e. The molecule has 3 heteroatoms. The first kappa shape index (κ1) is 15.6. The van der Waals surface area contributed by atoms with Crippen molar-refractivity contribution >= 4 is 11.0 Å². The summed E-state index contributed by atoms with van der Waals surface area (Å²) in [5, 5.41) is 0.592. The molecule has 0 spiro atoms. The number of hydrogen-bond donors (Lipinski definition) is 0. The maximum Gasteiger partial charge on any atom is 0.192 e. The number of unbranched alkanes of at least 4 members (excludes halogenated alkanes) is 1. The lowest BCUT2D eigenvalue weighted by Crippen LogP contribution is -2.24. The largest absolute Gasteiger partial charge is 0.493 e. The van der Waals surface area contributed by atoms with Crippen molar-refractivity contribution in [1.29, 1.82) is 0 Å². The topological polar surface area (TPSA) is 39.4 Å². The van der Waals surface area contributed by atoms with E-state index in [1.54, 1.807) is 12.1 Å². The van der Waals surface area contributed by atoms with Gasteiger partial charge in [-0.1, -0.05) is 33.6 Å². The van der Waals surface area contributed by atoms with E-state index in [4.69, 9.17) is 9.15 Å². The van der Waals surface area contributed by atoms with Crippen molar-refractivity contribution in [3.05, 3.63) is 40.8 Å². The Morgan fingerprint density at radius 2 is 2.05 bits per heavy atom. The maximum atomic E-state index is 11.7. The summed E-state index contributed by atoms with van der Waals surface area (Å²) in [6.45, 7) is 7.37. The Balaban J connectivity index is 2.11. The van der Waals surface area contributed by atoms with Gasteiger partial charge >= 0.3 is 0 Å². The van der Waals surface area contributed by atoms with Crippen molar-refractivity contribution in [2.45, 2.75) is 46.5 Å². The van der Waals surface area contributed by atoms with Crippen LogP contribution >= 0.6 is 0 Å². The molecule has 21 heavy (non-hydrogen) atoms. The zero-order valence-electron chi connectivity index (χ0n) is 13.1. The third-order valence-corrected chi connectivity index (χ3v) is 4.21. The van der Waals surface area contributed by atoms with E-state index >= 15 is 0 Å². The fourth-order valence-corrected chi connectivity index (χ4v) is 2.36. The van der Waals surface area contributed by atoms with Gasteiger partial charge in [0.1, 0.15) is 11.3 Å². The highest BCUT2D eigenvalue weighted by Gasteiger charge is 2.22. The molecule has 0 N–H and O–H groups in total. The second-order valence-corrected chi connectivity index (χ2v) is 6.00. The number of benzene rings is 1. The zero-order valence-corrected chi connectivity index (χ0v) is 13.1. The SMILES string of the molecule is CCCCC(C)(CC)COc1ccc2c(=O)ccoc2c1. The molecule has 1 unspecified atom stereocenters.